The molecule has 0 bridgehead atoms. The number of urea groups is 1. The molecule has 0 radical (unpaired) electrons. The summed E-state index contributed by atoms with van der Waals surface area (Å²) in [5.74, 6) is 0.853. The minimum Gasteiger partial charge on any atom is -0.504 e. The Balaban J connectivity index is 1.56. The number of nitrogens with zero attached hydrogens (tertiary/aromatic N) is 6. The standard InChI is InChI=1S/C21H21N7O3S/c1-3-28(32)21(30)26-19-7-5-15-20(25-19)24-16(10-22-15)14-9-23-27(12-14)11-13-4-6-17(29)18(8-13)31-2/h4-10,12,29,32H,3,11H2,1-2H3,(H,24,25,26,30). The van der Waals surface area contributed by atoms with Gasteiger partial charge >= 0.3 is 6.03 Å². The molecule has 0 saturated heterocycles. The van der Waals surface area contributed by atoms with Gasteiger partial charge in [0.15, 0.2) is 17.1 Å². The molecule has 1 aromatic carbocycles. The summed E-state index contributed by atoms with van der Waals surface area (Å²) in [5, 5.41) is 16.8. The number of phenolic OH excluding ortho intramolecular Hbond substituents is 1. The summed E-state index contributed by atoms with van der Waals surface area (Å²) in [7, 11) is 1.51. The van der Waals surface area contributed by atoms with Crippen molar-refractivity contribution >= 4 is 35.8 Å². The first-order valence-corrected chi connectivity index (χ1v) is 10.2. The van der Waals surface area contributed by atoms with Gasteiger partial charge in [-0.2, -0.15) is 5.10 Å². The summed E-state index contributed by atoms with van der Waals surface area (Å²) in [5.41, 5.74) is 3.31. The van der Waals surface area contributed by atoms with E-state index in [9.17, 15) is 9.90 Å². The Kier molecular flexibility index (Phi) is 6.08. The van der Waals surface area contributed by atoms with Crippen LogP contribution in [0.4, 0.5) is 10.6 Å². The zero-order valence-electron chi connectivity index (χ0n) is 17.4. The van der Waals surface area contributed by atoms with Crippen molar-refractivity contribution in [3.8, 4) is 22.8 Å². The molecule has 164 valence electrons. The first-order valence-electron chi connectivity index (χ1n) is 9.76. The molecule has 0 aliphatic heterocycles. The minimum absolute atomic E-state index is 0.0867. The van der Waals surface area contributed by atoms with Gasteiger partial charge < -0.3 is 9.84 Å². The lowest BCUT2D eigenvalue weighted by molar-refractivity contribution is 0.240. The fourth-order valence-corrected chi connectivity index (χ4v) is 3.06. The topological polar surface area (TPSA) is 118 Å². The molecule has 10 nitrogen and oxygen atoms in total. The molecule has 0 unspecified atom stereocenters. The first-order chi connectivity index (χ1) is 15.5. The van der Waals surface area contributed by atoms with E-state index >= 15 is 0 Å². The molecule has 11 heteroatoms. The molecule has 2 amide bonds. The molecule has 2 N–H and O–H groups in total. The highest BCUT2D eigenvalue weighted by Crippen LogP contribution is 2.27. The third-order valence-corrected chi connectivity index (χ3v) is 5.16. The van der Waals surface area contributed by atoms with Crippen LogP contribution in [0.3, 0.4) is 0 Å². The molecule has 0 saturated carbocycles. The lowest BCUT2D eigenvalue weighted by Crippen LogP contribution is -2.27. The summed E-state index contributed by atoms with van der Waals surface area (Å²) in [6, 6.07) is 8.18. The van der Waals surface area contributed by atoms with Crippen LogP contribution in [0.25, 0.3) is 22.4 Å². The second-order valence-electron chi connectivity index (χ2n) is 6.87. The maximum absolute atomic E-state index is 12.0. The Hall–Kier alpha value is -3.86. The van der Waals surface area contributed by atoms with E-state index in [1.807, 2.05) is 13.1 Å². The van der Waals surface area contributed by atoms with Crippen LogP contribution in [0, 0.1) is 0 Å². The number of aromatic hydroxyl groups is 1. The molecule has 32 heavy (non-hydrogen) atoms. The molecule has 3 heterocycles. The number of hydrogen-bond donors (Lipinski definition) is 3. The average Bonchev–Trinajstić information content (AvgIpc) is 3.27. The average molecular weight is 452 g/mol. The molecule has 0 atom stereocenters. The van der Waals surface area contributed by atoms with Crippen molar-refractivity contribution < 1.29 is 14.6 Å². The van der Waals surface area contributed by atoms with Crippen LogP contribution in [0.15, 0.2) is 48.9 Å². The van der Waals surface area contributed by atoms with Crippen molar-refractivity contribution in [1.29, 1.82) is 0 Å². The van der Waals surface area contributed by atoms with Crippen molar-refractivity contribution in [3.05, 3.63) is 54.5 Å². The number of thiol groups is 1. The lowest BCUT2D eigenvalue weighted by Gasteiger charge is -2.13. The molecule has 0 aliphatic carbocycles. The number of anilines is 1. The predicted molar refractivity (Wildman–Crippen MR) is 123 cm³/mol. The fourth-order valence-electron chi connectivity index (χ4n) is 3.01. The van der Waals surface area contributed by atoms with Gasteiger partial charge in [0.25, 0.3) is 0 Å². The van der Waals surface area contributed by atoms with E-state index < -0.39 is 0 Å². The van der Waals surface area contributed by atoms with Crippen LogP contribution in [-0.2, 0) is 6.54 Å². The molecule has 4 rings (SSSR count). The summed E-state index contributed by atoms with van der Waals surface area (Å²) in [6.45, 7) is 2.76. The Labute approximate surface area is 189 Å². The third-order valence-electron chi connectivity index (χ3n) is 4.69. The number of phenols is 1. The summed E-state index contributed by atoms with van der Waals surface area (Å²) < 4.78 is 8.15. The molecule has 0 aliphatic rings. The summed E-state index contributed by atoms with van der Waals surface area (Å²) in [4.78, 5) is 25.4. The van der Waals surface area contributed by atoms with Gasteiger partial charge in [-0.05, 0) is 36.8 Å². The lowest BCUT2D eigenvalue weighted by atomic mass is 10.2. The summed E-state index contributed by atoms with van der Waals surface area (Å²) >= 11 is 4.08. The van der Waals surface area contributed by atoms with Gasteiger partial charge in [0.05, 0.1) is 31.7 Å². The number of carbonyl (C=O) groups is 1. The Morgan fingerprint density at radius 2 is 2.09 bits per heavy atom. The smallest absolute Gasteiger partial charge is 0.332 e. The highest BCUT2D eigenvalue weighted by molar-refractivity contribution is 7.78. The van der Waals surface area contributed by atoms with Crippen molar-refractivity contribution in [3.63, 3.8) is 0 Å². The number of carbonyl (C=O) groups excluding carboxylic acids is 1. The third kappa shape index (κ3) is 4.57. The number of rotatable bonds is 6. The molecular formula is C21H21N7O3S. The van der Waals surface area contributed by atoms with Crippen molar-refractivity contribution in [1.82, 2.24) is 29.0 Å². The number of aromatic nitrogens is 5. The van der Waals surface area contributed by atoms with Crippen LogP contribution >= 0.6 is 12.8 Å². The normalized spacial score (nSPS) is 10.8. The van der Waals surface area contributed by atoms with Crippen molar-refractivity contribution in [2.75, 3.05) is 19.0 Å². The van der Waals surface area contributed by atoms with Gasteiger partial charge in [0, 0.05) is 18.3 Å². The van der Waals surface area contributed by atoms with Gasteiger partial charge in [-0.1, -0.05) is 18.9 Å². The second-order valence-corrected chi connectivity index (χ2v) is 7.36. The number of amides is 2. The number of ether oxygens (including phenoxy) is 1. The molecule has 0 spiro atoms. The number of methoxy groups -OCH3 is 1. The van der Waals surface area contributed by atoms with E-state index in [1.165, 1.54) is 11.4 Å². The van der Waals surface area contributed by atoms with Crippen LogP contribution in [-0.4, -0.2) is 53.8 Å². The van der Waals surface area contributed by atoms with E-state index in [0.29, 0.717) is 41.5 Å². The number of nitrogens with one attached hydrogen (secondary N) is 1. The Morgan fingerprint density at radius 3 is 2.88 bits per heavy atom. The van der Waals surface area contributed by atoms with Crippen molar-refractivity contribution in [2.24, 2.45) is 0 Å². The number of pyridine rings is 1. The van der Waals surface area contributed by atoms with Gasteiger partial charge in [0.1, 0.15) is 11.3 Å². The first kappa shape index (κ1) is 21.4. The zero-order valence-corrected chi connectivity index (χ0v) is 18.3. The number of benzene rings is 1. The SMILES string of the molecule is CCN(S)C(=O)Nc1ccc2ncc(-c3cnn(Cc4ccc(O)c(OC)c4)c3)nc2n1. The largest absolute Gasteiger partial charge is 0.504 e. The Bertz CT molecular complexity index is 1280. The number of fused-ring (bicyclic) bond motifs is 1. The molecule has 4 aromatic rings. The van der Waals surface area contributed by atoms with Gasteiger partial charge in [-0.15, -0.1) is 0 Å². The highest BCUT2D eigenvalue weighted by Gasteiger charge is 2.11. The van der Waals surface area contributed by atoms with E-state index in [4.69, 9.17) is 4.74 Å². The quantitative estimate of drug-likeness (QED) is 0.385. The summed E-state index contributed by atoms with van der Waals surface area (Å²) in [6.07, 6.45) is 5.19. The number of hydrogen-bond acceptors (Lipinski definition) is 8. The molecule has 0 fully saturated rings. The van der Waals surface area contributed by atoms with E-state index in [-0.39, 0.29) is 11.8 Å². The second kappa shape index (κ2) is 9.10. The monoisotopic (exact) mass is 451 g/mol. The van der Waals surface area contributed by atoms with Crippen LogP contribution in [0.1, 0.15) is 12.5 Å². The maximum atomic E-state index is 12.0. The van der Waals surface area contributed by atoms with E-state index in [1.54, 1.807) is 47.4 Å². The minimum atomic E-state index is -0.376. The van der Waals surface area contributed by atoms with Gasteiger partial charge in [-0.3, -0.25) is 19.3 Å². The fraction of sp³-hybridized carbons (Fsp3) is 0.190. The van der Waals surface area contributed by atoms with Crippen LogP contribution in [0.5, 0.6) is 11.5 Å². The van der Waals surface area contributed by atoms with Gasteiger partial charge in [0.2, 0.25) is 0 Å². The van der Waals surface area contributed by atoms with Crippen molar-refractivity contribution in [2.45, 2.75) is 13.5 Å². The maximum Gasteiger partial charge on any atom is 0.332 e. The predicted octanol–water partition coefficient (Wildman–Crippen LogP) is 3.35. The molecule has 3 aromatic heterocycles. The van der Waals surface area contributed by atoms with Crippen LogP contribution in [0.2, 0.25) is 0 Å². The van der Waals surface area contributed by atoms with E-state index in [2.05, 4.69) is 38.2 Å². The Morgan fingerprint density at radius 1 is 1.25 bits per heavy atom. The van der Waals surface area contributed by atoms with Crippen LogP contribution < -0.4 is 10.1 Å². The highest BCUT2D eigenvalue weighted by atomic mass is 32.1. The van der Waals surface area contributed by atoms with E-state index in [0.717, 1.165) is 11.1 Å². The van der Waals surface area contributed by atoms with Gasteiger partial charge in [-0.25, -0.2) is 14.8 Å². The molecular weight excluding hydrogens is 430 g/mol. The zero-order chi connectivity index (χ0) is 22.7.